The molecule has 1 rings (SSSR count). The number of halogens is 6. The van der Waals surface area contributed by atoms with Crippen LogP contribution in [0.3, 0.4) is 0 Å². The maximum Gasteiger partial charge on any atom is 0.471 e. The van der Waals surface area contributed by atoms with E-state index in [1.807, 2.05) is 0 Å². The molecule has 0 aliphatic carbocycles. The molecule has 0 bridgehead atoms. The molecule has 0 spiro atoms. The van der Waals surface area contributed by atoms with E-state index < -0.39 is 60.4 Å². The maximum atomic E-state index is 12.9. The Labute approximate surface area is 150 Å². The van der Waals surface area contributed by atoms with Crippen LogP contribution in [0.15, 0.2) is 0 Å². The van der Waals surface area contributed by atoms with Crippen LogP contribution in [-0.4, -0.2) is 57.9 Å². The normalized spacial score (nSPS) is 22.9. The second-order valence-electron chi connectivity index (χ2n) is 6.16. The van der Waals surface area contributed by atoms with Gasteiger partial charge in [-0.3, -0.25) is 29.0 Å². The van der Waals surface area contributed by atoms with E-state index in [1.165, 1.54) is 20.8 Å². The number of carbonyl (C=O) groups is 4. The van der Waals surface area contributed by atoms with Gasteiger partial charge in [-0.15, -0.1) is 0 Å². The first kappa shape index (κ1) is 22.9. The topological polar surface area (TPSA) is 74.8 Å². The number of amides is 4. The fraction of sp³-hybridized carbons (Fsp3) is 0.733. The van der Waals surface area contributed by atoms with Gasteiger partial charge in [0.25, 0.3) is 11.8 Å². The van der Waals surface area contributed by atoms with Gasteiger partial charge in [-0.2, -0.15) is 26.3 Å². The van der Waals surface area contributed by atoms with Crippen LogP contribution < -0.4 is 0 Å². The average molecular weight is 404 g/mol. The van der Waals surface area contributed by atoms with Crippen LogP contribution in [-0.2, 0) is 19.2 Å². The van der Waals surface area contributed by atoms with Gasteiger partial charge >= 0.3 is 24.2 Å². The van der Waals surface area contributed by atoms with Gasteiger partial charge in [0.15, 0.2) is 0 Å². The van der Waals surface area contributed by atoms with Crippen molar-refractivity contribution in [2.24, 2.45) is 5.92 Å². The van der Waals surface area contributed by atoms with Gasteiger partial charge < -0.3 is 0 Å². The number of nitrogens with zero attached hydrogens (tertiary/aromatic N) is 2. The summed E-state index contributed by atoms with van der Waals surface area (Å²) in [6, 6.07) is -4.29. The van der Waals surface area contributed by atoms with E-state index in [-0.39, 0.29) is 22.6 Å². The molecule has 4 amide bonds. The number of rotatable bonds is 4. The number of hydrogen-bond acceptors (Lipinski definition) is 4. The number of imide groups is 2. The van der Waals surface area contributed by atoms with Crippen molar-refractivity contribution in [2.75, 3.05) is 0 Å². The molecular formula is C15H18F6N2O4. The van der Waals surface area contributed by atoms with Crippen molar-refractivity contribution >= 4 is 23.6 Å². The summed E-state index contributed by atoms with van der Waals surface area (Å²) in [5.74, 6) is -9.69. The quantitative estimate of drug-likeness (QED) is 0.675. The summed E-state index contributed by atoms with van der Waals surface area (Å²) in [7, 11) is 0. The lowest BCUT2D eigenvalue weighted by Gasteiger charge is -2.44. The molecule has 6 nitrogen and oxygen atoms in total. The minimum absolute atomic E-state index is 0.0205. The molecule has 3 atom stereocenters. The Kier molecular flexibility index (Phi) is 6.66. The monoisotopic (exact) mass is 404 g/mol. The summed E-state index contributed by atoms with van der Waals surface area (Å²) in [5, 5.41) is 0. The third-order valence-electron chi connectivity index (χ3n) is 4.27. The van der Waals surface area contributed by atoms with Crippen molar-refractivity contribution in [3.05, 3.63) is 0 Å². The molecular weight excluding hydrogens is 386 g/mol. The van der Waals surface area contributed by atoms with Crippen molar-refractivity contribution in [3.63, 3.8) is 0 Å². The fourth-order valence-corrected chi connectivity index (χ4v) is 2.80. The van der Waals surface area contributed by atoms with Gasteiger partial charge in [0.2, 0.25) is 0 Å². The predicted molar refractivity (Wildman–Crippen MR) is 77.8 cm³/mol. The van der Waals surface area contributed by atoms with Crippen molar-refractivity contribution in [2.45, 2.75) is 64.5 Å². The van der Waals surface area contributed by atoms with Crippen LogP contribution in [0.4, 0.5) is 26.3 Å². The molecule has 0 aromatic carbocycles. The molecule has 1 heterocycles. The lowest BCUT2D eigenvalue weighted by molar-refractivity contribution is -0.206. The summed E-state index contributed by atoms with van der Waals surface area (Å²) in [4.78, 5) is 47.8. The molecule has 1 aliphatic rings. The van der Waals surface area contributed by atoms with E-state index in [0.717, 1.165) is 0 Å². The van der Waals surface area contributed by atoms with E-state index in [1.54, 1.807) is 0 Å². The van der Waals surface area contributed by atoms with Crippen molar-refractivity contribution in [3.8, 4) is 0 Å². The zero-order valence-corrected chi connectivity index (χ0v) is 14.6. The number of alkyl halides is 6. The Bertz CT molecular complexity index is 631. The Morgan fingerprint density at radius 3 is 1.74 bits per heavy atom. The highest BCUT2D eigenvalue weighted by molar-refractivity contribution is 6.13. The third kappa shape index (κ3) is 4.41. The summed E-state index contributed by atoms with van der Waals surface area (Å²) < 4.78 is 77.4. The summed E-state index contributed by atoms with van der Waals surface area (Å²) >= 11 is 0. The molecule has 12 heteroatoms. The minimum atomic E-state index is -5.52. The molecule has 154 valence electrons. The summed E-state index contributed by atoms with van der Waals surface area (Å²) in [6.07, 6.45) is -11.6. The highest BCUT2D eigenvalue weighted by Crippen LogP contribution is 2.33. The third-order valence-corrected chi connectivity index (χ3v) is 4.27. The zero-order chi connectivity index (χ0) is 21.3. The molecule has 1 fully saturated rings. The Morgan fingerprint density at radius 2 is 1.37 bits per heavy atom. The Balaban J connectivity index is 3.58. The van der Waals surface area contributed by atoms with Crippen LogP contribution in [0.1, 0.15) is 40.0 Å². The Hall–Kier alpha value is -2.14. The van der Waals surface area contributed by atoms with E-state index in [9.17, 15) is 45.5 Å². The second kappa shape index (κ2) is 7.85. The minimum Gasteiger partial charge on any atom is -0.272 e. The average Bonchev–Trinajstić information content (AvgIpc) is 2.54. The Morgan fingerprint density at radius 1 is 0.926 bits per heavy atom. The van der Waals surface area contributed by atoms with E-state index in [4.69, 9.17) is 0 Å². The smallest absolute Gasteiger partial charge is 0.272 e. The number of hydrogen-bond donors (Lipinski definition) is 0. The van der Waals surface area contributed by atoms with E-state index >= 15 is 0 Å². The first-order chi connectivity index (χ1) is 12.2. The standard InChI is InChI=1S/C15H18F6N2O4/c1-4-6-8-10(24)23(13(27)15(19,20)21)9(7(3)5-2)11(25)22(8)12(26)14(16,17)18/h7-9H,4-6H2,1-3H3. The summed E-state index contributed by atoms with van der Waals surface area (Å²) in [6.45, 7) is 4.00. The van der Waals surface area contributed by atoms with Gasteiger partial charge in [0.1, 0.15) is 12.1 Å². The van der Waals surface area contributed by atoms with Gasteiger partial charge in [0, 0.05) is 0 Å². The van der Waals surface area contributed by atoms with Crippen LogP contribution in [0.2, 0.25) is 0 Å². The van der Waals surface area contributed by atoms with Gasteiger partial charge in [-0.1, -0.05) is 33.6 Å². The maximum absolute atomic E-state index is 12.9. The fourth-order valence-electron chi connectivity index (χ4n) is 2.80. The molecule has 1 saturated heterocycles. The SMILES string of the molecule is CCCC1C(=O)N(C(=O)C(F)(F)F)C(C(C)CC)C(=O)N1C(=O)C(F)(F)F. The second-order valence-corrected chi connectivity index (χ2v) is 6.16. The molecule has 0 saturated carbocycles. The van der Waals surface area contributed by atoms with Crippen molar-refractivity contribution in [1.29, 1.82) is 0 Å². The number of carbonyl (C=O) groups excluding carboxylic acids is 4. The lowest BCUT2D eigenvalue weighted by Crippen LogP contribution is -2.71. The van der Waals surface area contributed by atoms with Gasteiger partial charge in [-0.25, -0.2) is 0 Å². The predicted octanol–water partition coefficient (Wildman–Crippen LogP) is 2.42. The largest absolute Gasteiger partial charge is 0.471 e. The molecule has 27 heavy (non-hydrogen) atoms. The first-order valence-electron chi connectivity index (χ1n) is 8.08. The highest BCUT2D eigenvalue weighted by Gasteiger charge is 2.60. The van der Waals surface area contributed by atoms with E-state index in [2.05, 4.69) is 0 Å². The highest BCUT2D eigenvalue weighted by atomic mass is 19.4. The van der Waals surface area contributed by atoms with Gasteiger partial charge in [0.05, 0.1) is 0 Å². The van der Waals surface area contributed by atoms with Gasteiger partial charge in [-0.05, 0) is 12.3 Å². The van der Waals surface area contributed by atoms with Crippen molar-refractivity contribution < 1.29 is 45.5 Å². The van der Waals surface area contributed by atoms with Crippen LogP contribution in [0.25, 0.3) is 0 Å². The zero-order valence-electron chi connectivity index (χ0n) is 14.6. The molecule has 0 aromatic rings. The molecule has 0 aromatic heterocycles. The van der Waals surface area contributed by atoms with Crippen molar-refractivity contribution in [1.82, 2.24) is 9.80 Å². The molecule has 3 unspecified atom stereocenters. The van der Waals surface area contributed by atoms with E-state index in [0.29, 0.717) is 0 Å². The van der Waals surface area contributed by atoms with Crippen LogP contribution in [0.5, 0.6) is 0 Å². The van der Waals surface area contributed by atoms with Crippen LogP contribution in [0, 0.1) is 5.92 Å². The first-order valence-corrected chi connectivity index (χ1v) is 8.08. The number of piperazine rings is 1. The lowest BCUT2D eigenvalue weighted by atomic mass is 9.90. The summed E-state index contributed by atoms with van der Waals surface area (Å²) in [5.41, 5.74) is 0. The molecule has 1 aliphatic heterocycles. The van der Waals surface area contributed by atoms with Crippen LogP contribution >= 0.6 is 0 Å². The molecule has 0 N–H and O–H groups in total. The molecule has 0 radical (unpaired) electrons.